The van der Waals surface area contributed by atoms with Gasteiger partial charge in [-0.15, -0.1) is 0 Å². The summed E-state index contributed by atoms with van der Waals surface area (Å²) in [5, 5.41) is 8.89. The van der Waals surface area contributed by atoms with Crippen molar-refractivity contribution in [1.82, 2.24) is 9.47 Å². The van der Waals surface area contributed by atoms with Gasteiger partial charge in [-0.25, -0.2) is 0 Å². The predicted molar refractivity (Wildman–Crippen MR) is 79.0 cm³/mol. The zero-order chi connectivity index (χ0) is 14.4. The summed E-state index contributed by atoms with van der Waals surface area (Å²) in [6.45, 7) is 3.28. The second-order valence-corrected chi connectivity index (χ2v) is 4.60. The molecule has 0 aliphatic carbocycles. The van der Waals surface area contributed by atoms with Crippen LogP contribution in [0.5, 0.6) is 0 Å². The molecule has 0 saturated carbocycles. The molecule has 2 aromatic rings. The first-order valence-corrected chi connectivity index (χ1v) is 6.89. The van der Waals surface area contributed by atoms with Crippen molar-refractivity contribution in [1.29, 1.82) is 0 Å². The molecule has 0 aliphatic heterocycles. The first-order valence-electron chi connectivity index (χ1n) is 6.89. The fourth-order valence-electron chi connectivity index (χ4n) is 2.15. The summed E-state index contributed by atoms with van der Waals surface area (Å²) in [4.78, 5) is 14.2. The van der Waals surface area contributed by atoms with E-state index in [1.807, 2.05) is 60.3 Å². The van der Waals surface area contributed by atoms with Crippen LogP contribution in [0.4, 0.5) is 0 Å². The molecule has 0 radical (unpaired) electrons. The third kappa shape index (κ3) is 3.27. The van der Waals surface area contributed by atoms with Gasteiger partial charge in [0.15, 0.2) is 0 Å². The molecule has 0 atom stereocenters. The molecule has 0 unspecified atom stereocenters. The van der Waals surface area contributed by atoms with Gasteiger partial charge in [-0.1, -0.05) is 6.07 Å². The highest BCUT2D eigenvalue weighted by Gasteiger charge is 2.14. The molecule has 0 saturated heterocycles. The molecule has 2 rings (SSSR count). The highest BCUT2D eigenvalue weighted by Crippen LogP contribution is 2.13. The average molecular weight is 272 g/mol. The minimum absolute atomic E-state index is 0.00922. The van der Waals surface area contributed by atoms with E-state index in [-0.39, 0.29) is 12.5 Å². The molecule has 1 amide bonds. The van der Waals surface area contributed by atoms with Gasteiger partial charge in [0.25, 0.3) is 5.91 Å². The highest BCUT2D eigenvalue weighted by molar-refractivity contribution is 5.94. The van der Waals surface area contributed by atoms with Gasteiger partial charge >= 0.3 is 0 Å². The maximum absolute atomic E-state index is 12.4. The van der Waals surface area contributed by atoms with E-state index in [0.29, 0.717) is 25.1 Å². The fourth-order valence-corrected chi connectivity index (χ4v) is 2.15. The number of aliphatic hydroxyl groups excluding tert-OH is 1. The number of nitrogens with zero attached hydrogens (tertiary/aromatic N) is 2. The molecular formula is C16H20N2O2. The van der Waals surface area contributed by atoms with Crippen molar-refractivity contribution < 1.29 is 9.90 Å². The number of amides is 1. The number of carbonyl (C=O) groups is 1. The maximum Gasteiger partial charge on any atom is 0.253 e. The molecule has 0 bridgehead atoms. The van der Waals surface area contributed by atoms with Gasteiger partial charge in [0.2, 0.25) is 0 Å². The van der Waals surface area contributed by atoms with Gasteiger partial charge in [0.05, 0.1) is 0 Å². The topological polar surface area (TPSA) is 45.5 Å². The van der Waals surface area contributed by atoms with E-state index in [0.717, 1.165) is 5.69 Å². The van der Waals surface area contributed by atoms with E-state index in [9.17, 15) is 4.79 Å². The first kappa shape index (κ1) is 14.3. The SMILES string of the molecule is CCN(CCCO)C(=O)c1cccc(-n2cccc2)c1. The lowest BCUT2D eigenvalue weighted by Gasteiger charge is -2.20. The molecule has 4 heteroatoms. The number of aromatic nitrogens is 1. The van der Waals surface area contributed by atoms with E-state index in [1.54, 1.807) is 4.90 Å². The Morgan fingerprint density at radius 2 is 2.00 bits per heavy atom. The molecule has 106 valence electrons. The van der Waals surface area contributed by atoms with Crippen LogP contribution in [0.25, 0.3) is 5.69 Å². The largest absolute Gasteiger partial charge is 0.396 e. The number of aliphatic hydroxyl groups is 1. The molecular weight excluding hydrogens is 252 g/mol. The van der Waals surface area contributed by atoms with Gasteiger partial charge < -0.3 is 14.6 Å². The van der Waals surface area contributed by atoms with Crippen LogP contribution < -0.4 is 0 Å². The number of carbonyl (C=O) groups excluding carboxylic acids is 1. The van der Waals surface area contributed by atoms with Gasteiger partial charge in [-0.05, 0) is 43.7 Å². The van der Waals surface area contributed by atoms with E-state index < -0.39 is 0 Å². The van der Waals surface area contributed by atoms with Gasteiger partial charge in [0, 0.05) is 43.3 Å². The lowest BCUT2D eigenvalue weighted by atomic mass is 10.1. The van der Waals surface area contributed by atoms with E-state index in [4.69, 9.17) is 5.11 Å². The van der Waals surface area contributed by atoms with Crippen molar-refractivity contribution in [3.05, 3.63) is 54.4 Å². The van der Waals surface area contributed by atoms with Crippen LogP contribution in [-0.4, -0.2) is 40.2 Å². The van der Waals surface area contributed by atoms with Crippen molar-refractivity contribution in [2.75, 3.05) is 19.7 Å². The number of benzene rings is 1. The minimum Gasteiger partial charge on any atom is -0.396 e. The molecule has 20 heavy (non-hydrogen) atoms. The van der Waals surface area contributed by atoms with Gasteiger partial charge in [0.1, 0.15) is 0 Å². The van der Waals surface area contributed by atoms with Crippen molar-refractivity contribution in [3.63, 3.8) is 0 Å². The zero-order valence-electron chi connectivity index (χ0n) is 11.7. The molecule has 0 fully saturated rings. The van der Waals surface area contributed by atoms with Crippen molar-refractivity contribution >= 4 is 5.91 Å². The summed E-state index contributed by atoms with van der Waals surface area (Å²) in [7, 11) is 0. The van der Waals surface area contributed by atoms with Crippen LogP contribution in [0.1, 0.15) is 23.7 Å². The third-order valence-electron chi connectivity index (χ3n) is 3.25. The average Bonchev–Trinajstić information content (AvgIpc) is 3.02. The van der Waals surface area contributed by atoms with Crippen LogP contribution in [0.2, 0.25) is 0 Å². The molecule has 4 nitrogen and oxygen atoms in total. The normalized spacial score (nSPS) is 10.5. The Labute approximate surface area is 119 Å². The number of hydrogen-bond acceptors (Lipinski definition) is 2. The Balaban J connectivity index is 2.19. The van der Waals surface area contributed by atoms with Crippen molar-refractivity contribution in [2.24, 2.45) is 0 Å². The molecule has 1 N–H and O–H groups in total. The Hall–Kier alpha value is -2.07. The lowest BCUT2D eigenvalue weighted by Crippen LogP contribution is -2.32. The minimum atomic E-state index is 0.00922. The number of rotatable bonds is 6. The summed E-state index contributed by atoms with van der Waals surface area (Å²) in [6.07, 6.45) is 4.51. The molecule has 0 aliphatic rings. The quantitative estimate of drug-likeness (QED) is 0.877. The summed E-state index contributed by atoms with van der Waals surface area (Å²) in [6, 6.07) is 11.5. The Morgan fingerprint density at radius 3 is 2.65 bits per heavy atom. The second-order valence-electron chi connectivity index (χ2n) is 4.60. The summed E-state index contributed by atoms with van der Waals surface area (Å²) < 4.78 is 1.97. The van der Waals surface area contributed by atoms with Crippen LogP contribution in [0.3, 0.4) is 0 Å². The predicted octanol–water partition coefficient (Wildman–Crippen LogP) is 2.32. The molecule has 1 aromatic heterocycles. The summed E-state index contributed by atoms with van der Waals surface area (Å²) in [5.41, 5.74) is 1.65. The standard InChI is InChI=1S/C16H20N2O2/c1-2-17(11-6-12-19)16(20)14-7-5-8-15(13-14)18-9-3-4-10-18/h3-5,7-10,13,19H,2,6,11-12H2,1H3. The number of hydrogen-bond donors (Lipinski definition) is 1. The maximum atomic E-state index is 12.4. The molecule has 1 heterocycles. The lowest BCUT2D eigenvalue weighted by molar-refractivity contribution is 0.0754. The summed E-state index contributed by atoms with van der Waals surface area (Å²) in [5.74, 6) is 0.00922. The first-order chi connectivity index (χ1) is 9.76. The smallest absolute Gasteiger partial charge is 0.253 e. The van der Waals surface area contributed by atoms with Crippen molar-refractivity contribution in [3.8, 4) is 5.69 Å². The molecule has 1 aromatic carbocycles. The van der Waals surface area contributed by atoms with Gasteiger partial charge in [-0.2, -0.15) is 0 Å². The summed E-state index contributed by atoms with van der Waals surface area (Å²) >= 11 is 0. The Kier molecular flexibility index (Phi) is 4.96. The van der Waals surface area contributed by atoms with Crippen LogP contribution in [0.15, 0.2) is 48.8 Å². The Bertz CT molecular complexity index is 549. The van der Waals surface area contributed by atoms with E-state index in [2.05, 4.69) is 0 Å². The molecule has 0 spiro atoms. The van der Waals surface area contributed by atoms with Crippen LogP contribution in [-0.2, 0) is 0 Å². The Morgan fingerprint density at radius 1 is 1.25 bits per heavy atom. The van der Waals surface area contributed by atoms with E-state index >= 15 is 0 Å². The van der Waals surface area contributed by atoms with E-state index in [1.165, 1.54) is 0 Å². The van der Waals surface area contributed by atoms with Gasteiger partial charge in [-0.3, -0.25) is 4.79 Å². The third-order valence-corrected chi connectivity index (χ3v) is 3.25. The van der Waals surface area contributed by atoms with Crippen molar-refractivity contribution in [2.45, 2.75) is 13.3 Å². The highest BCUT2D eigenvalue weighted by atomic mass is 16.3. The second kappa shape index (κ2) is 6.91. The fraction of sp³-hybridized carbons (Fsp3) is 0.312. The van der Waals surface area contributed by atoms with Crippen LogP contribution >= 0.6 is 0 Å². The van der Waals surface area contributed by atoms with Crippen LogP contribution in [0, 0.1) is 0 Å². The monoisotopic (exact) mass is 272 g/mol. The zero-order valence-corrected chi connectivity index (χ0v) is 11.7.